The highest BCUT2D eigenvalue weighted by atomic mass is 32.2. The lowest BCUT2D eigenvalue weighted by Gasteiger charge is -2.19. The van der Waals surface area contributed by atoms with E-state index < -0.39 is 16.1 Å². The van der Waals surface area contributed by atoms with E-state index in [4.69, 9.17) is 10.4 Å². The lowest BCUT2D eigenvalue weighted by atomic mass is 10.0. The molecule has 0 heterocycles. The van der Waals surface area contributed by atoms with Gasteiger partial charge >= 0.3 is 0 Å². The van der Waals surface area contributed by atoms with Gasteiger partial charge in [-0.1, -0.05) is 36.4 Å². The van der Waals surface area contributed by atoms with Gasteiger partial charge in [-0.3, -0.25) is 0 Å². The van der Waals surface area contributed by atoms with Crippen molar-refractivity contribution in [1.29, 1.82) is 5.26 Å². The molecular weight excluding hydrogens is 312 g/mol. The standard InChI is InChI=1S/C17H18N2O3S/c18-13-14-6-4-9-16(12-14)23(21,22)19-17(10-5-11-20)15-7-2-1-3-8-15/h1-4,6-9,12,17,19-20H,5,10-11H2. The van der Waals surface area contributed by atoms with E-state index in [2.05, 4.69) is 4.72 Å². The smallest absolute Gasteiger partial charge is 0.241 e. The van der Waals surface area contributed by atoms with Gasteiger partial charge in [0.05, 0.1) is 16.5 Å². The van der Waals surface area contributed by atoms with Crippen LogP contribution in [-0.2, 0) is 10.0 Å². The molecule has 0 bridgehead atoms. The lowest BCUT2D eigenvalue weighted by molar-refractivity contribution is 0.278. The first-order chi connectivity index (χ1) is 11.1. The van der Waals surface area contributed by atoms with E-state index >= 15 is 0 Å². The highest BCUT2D eigenvalue weighted by molar-refractivity contribution is 7.89. The van der Waals surface area contributed by atoms with Crippen LogP contribution >= 0.6 is 0 Å². The molecule has 6 heteroatoms. The molecular formula is C17H18N2O3S. The molecule has 0 radical (unpaired) electrons. The van der Waals surface area contributed by atoms with E-state index in [0.29, 0.717) is 18.4 Å². The summed E-state index contributed by atoms with van der Waals surface area (Å²) in [5.41, 5.74) is 1.13. The first-order valence-electron chi connectivity index (χ1n) is 7.25. The van der Waals surface area contributed by atoms with Crippen molar-refractivity contribution in [2.75, 3.05) is 6.61 Å². The second kappa shape index (κ2) is 7.88. The van der Waals surface area contributed by atoms with Crippen LogP contribution in [0.1, 0.15) is 30.0 Å². The molecule has 5 nitrogen and oxygen atoms in total. The van der Waals surface area contributed by atoms with Gasteiger partial charge in [-0.05, 0) is 36.6 Å². The summed E-state index contributed by atoms with van der Waals surface area (Å²) in [4.78, 5) is 0.0569. The van der Waals surface area contributed by atoms with Crippen molar-refractivity contribution in [1.82, 2.24) is 4.72 Å². The minimum atomic E-state index is -3.75. The Labute approximate surface area is 136 Å². The van der Waals surface area contributed by atoms with Crippen molar-refractivity contribution in [2.24, 2.45) is 0 Å². The fourth-order valence-electron chi connectivity index (χ4n) is 2.26. The number of aliphatic hydroxyl groups excluding tert-OH is 1. The van der Waals surface area contributed by atoms with Gasteiger partial charge in [0.25, 0.3) is 0 Å². The zero-order valence-electron chi connectivity index (χ0n) is 12.5. The Bertz CT molecular complexity index is 783. The monoisotopic (exact) mass is 330 g/mol. The Morgan fingerprint density at radius 2 is 1.87 bits per heavy atom. The quantitative estimate of drug-likeness (QED) is 0.815. The molecule has 0 aromatic heterocycles. The van der Waals surface area contributed by atoms with Crippen LogP contribution in [0.3, 0.4) is 0 Å². The normalized spacial score (nSPS) is 12.5. The highest BCUT2D eigenvalue weighted by Gasteiger charge is 2.21. The Morgan fingerprint density at radius 3 is 2.52 bits per heavy atom. The van der Waals surface area contributed by atoms with E-state index in [9.17, 15) is 8.42 Å². The van der Waals surface area contributed by atoms with E-state index in [-0.39, 0.29) is 11.5 Å². The molecule has 2 N–H and O–H groups in total. The van der Waals surface area contributed by atoms with Crippen molar-refractivity contribution in [3.63, 3.8) is 0 Å². The molecule has 1 atom stereocenters. The summed E-state index contributed by atoms with van der Waals surface area (Å²) in [6.45, 7) is -0.00498. The SMILES string of the molecule is N#Cc1cccc(S(=O)(=O)NC(CCCO)c2ccccc2)c1. The van der Waals surface area contributed by atoms with Crippen molar-refractivity contribution in [3.05, 3.63) is 65.7 Å². The predicted octanol–water partition coefficient (Wildman–Crippen LogP) is 2.35. The van der Waals surface area contributed by atoms with Crippen molar-refractivity contribution >= 4 is 10.0 Å². The largest absolute Gasteiger partial charge is 0.396 e. The molecule has 0 saturated carbocycles. The average molecular weight is 330 g/mol. The van der Waals surface area contributed by atoms with Crippen LogP contribution in [-0.4, -0.2) is 20.1 Å². The van der Waals surface area contributed by atoms with Crippen LogP contribution in [0.15, 0.2) is 59.5 Å². The van der Waals surface area contributed by atoms with Gasteiger partial charge in [-0.25, -0.2) is 13.1 Å². The van der Waals surface area contributed by atoms with Crippen LogP contribution in [0.5, 0.6) is 0 Å². The minimum absolute atomic E-state index is 0.00498. The molecule has 0 fully saturated rings. The van der Waals surface area contributed by atoms with Gasteiger partial charge in [0.1, 0.15) is 0 Å². The summed E-state index contributed by atoms with van der Waals surface area (Å²) >= 11 is 0. The number of nitriles is 1. The number of sulfonamides is 1. The lowest BCUT2D eigenvalue weighted by Crippen LogP contribution is -2.29. The first kappa shape index (κ1) is 17.2. The fourth-order valence-corrected chi connectivity index (χ4v) is 3.57. The number of aliphatic hydroxyl groups is 1. The molecule has 0 aliphatic rings. The third-order valence-corrected chi connectivity index (χ3v) is 4.89. The van der Waals surface area contributed by atoms with Crippen LogP contribution in [0, 0.1) is 11.3 Å². The molecule has 0 saturated heterocycles. The van der Waals surface area contributed by atoms with Gasteiger partial charge < -0.3 is 5.11 Å². The number of benzene rings is 2. The van der Waals surface area contributed by atoms with Gasteiger partial charge in [0.2, 0.25) is 10.0 Å². The molecule has 23 heavy (non-hydrogen) atoms. The number of nitrogens with zero attached hydrogens (tertiary/aromatic N) is 1. The summed E-state index contributed by atoms with van der Waals surface area (Å²) in [6.07, 6.45) is 0.970. The summed E-state index contributed by atoms with van der Waals surface area (Å²) in [5.74, 6) is 0. The maximum Gasteiger partial charge on any atom is 0.241 e. The summed E-state index contributed by atoms with van der Waals surface area (Å²) in [7, 11) is -3.75. The molecule has 0 aliphatic heterocycles. The predicted molar refractivity (Wildman–Crippen MR) is 87.0 cm³/mol. The number of hydrogen-bond donors (Lipinski definition) is 2. The third kappa shape index (κ3) is 4.63. The van der Waals surface area contributed by atoms with E-state index in [1.165, 1.54) is 12.1 Å². The Morgan fingerprint density at radius 1 is 1.13 bits per heavy atom. The van der Waals surface area contributed by atoms with Crippen LogP contribution in [0.4, 0.5) is 0 Å². The van der Waals surface area contributed by atoms with Gasteiger partial charge in [-0.2, -0.15) is 5.26 Å². The summed E-state index contributed by atoms with van der Waals surface area (Å²) < 4.78 is 27.8. The zero-order chi connectivity index (χ0) is 16.7. The van der Waals surface area contributed by atoms with E-state index in [1.54, 1.807) is 12.1 Å². The maximum absolute atomic E-state index is 12.6. The molecule has 2 rings (SSSR count). The summed E-state index contributed by atoms with van der Waals surface area (Å²) in [6, 6.07) is 16.6. The van der Waals surface area contributed by atoms with Crippen LogP contribution < -0.4 is 4.72 Å². The van der Waals surface area contributed by atoms with Gasteiger partial charge in [-0.15, -0.1) is 0 Å². The number of rotatable bonds is 7. The molecule has 0 aliphatic carbocycles. The fraction of sp³-hybridized carbons (Fsp3) is 0.235. The van der Waals surface area contributed by atoms with Crippen LogP contribution in [0.25, 0.3) is 0 Å². The Balaban J connectivity index is 2.28. The van der Waals surface area contributed by atoms with E-state index in [0.717, 1.165) is 5.56 Å². The van der Waals surface area contributed by atoms with Crippen molar-refractivity contribution in [2.45, 2.75) is 23.8 Å². The Hall–Kier alpha value is -2.20. The zero-order valence-corrected chi connectivity index (χ0v) is 13.3. The number of hydrogen-bond acceptors (Lipinski definition) is 4. The van der Waals surface area contributed by atoms with Crippen LogP contribution in [0.2, 0.25) is 0 Å². The Kier molecular flexibility index (Phi) is 5.88. The number of nitrogens with one attached hydrogen (secondary N) is 1. The second-order valence-electron chi connectivity index (χ2n) is 5.09. The molecule has 0 spiro atoms. The van der Waals surface area contributed by atoms with Gasteiger partial charge in [0, 0.05) is 12.6 Å². The molecule has 0 amide bonds. The average Bonchev–Trinajstić information content (AvgIpc) is 2.59. The van der Waals surface area contributed by atoms with E-state index in [1.807, 2.05) is 36.4 Å². The second-order valence-corrected chi connectivity index (χ2v) is 6.80. The molecule has 2 aromatic rings. The van der Waals surface area contributed by atoms with Gasteiger partial charge in [0.15, 0.2) is 0 Å². The molecule has 2 aromatic carbocycles. The minimum Gasteiger partial charge on any atom is -0.396 e. The molecule has 120 valence electrons. The third-order valence-electron chi connectivity index (χ3n) is 3.42. The molecule has 1 unspecified atom stereocenters. The maximum atomic E-state index is 12.6. The highest BCUT2D eigenvalue weighted by Crippen LogP contribution is 2.22. The van der Waals surface area contributed by atoms with Crippen molar-refractivity contribution < 1.29 is 13.5 Å². The topological polar surface area (TPSA) is 90.2 Å². The summed E-state index contributed by atoms with van der Waals surface area (Å²) in [5, 5.41) is 17.9. The first-order valence-corrected chi connectivity index (χ1v) is 8.73. The van der Waals surface area contributed by atoms with Crippen molar-refractivity contribution in [3.8, 4) is 6.07 Å².